The van der Waals surface area contributed by atoms with E-state index >= 15 is 0 Å². The van der Waals surface area contributed by atoms with Crippen LogP contribution >= 0.6 is 11.6 Å². The Kier molecular flexibility index (Phi) is 4.42. The van der Waals surface area contributed by atoms with Gasteiger partial charge < -0.3 is 9.84 Å². The van der Waals surface area contributed by atoms with Crippen LogP contribution in [0.3, 0.4) is 0 Å². The fourth-order valence-electron chi connectivity index (χ4n) is 1.20. The Bertz CT molecular complexity index is 497. The third-order valence-electron chi connectivity index (χ3n) is 2.02. The van der Waals surface area contributed by atoms with Crippen LogP contribution in [0.25, 0.3) is 0 Å². The molecule has 3 nitrogen and oxygen atoms in total. The maximum Gasteiger partial charge on any atom is 0.434 e. The zero-order valence-electron chi connectivity index (χ0n) is 9.22. The third-order valence-corrected chi connectivity index (χ3v) is 2.33. The zero-order valence-corrected chi connectivity index (χ0v) is 9.97. The predicted octanol–water partition coefficient (Wildman–Crippen LogP) is 3.91. The molecule has 0 fully saturated rings. The number of aromatic carboxylic acids is 1. The van der Waals surface area contributed by atoms with Gasteiger partial charge in [0.25, 0.3) is 6.10 Å². The van der Waals surface area contributed by atoms with Crippen molar-refractivity contribution in [1.29, 1.82) is 0 Å². The molecule has 0 aliphatic carbocycles. The number of alkyl halides is 6. The van der Waals surface area contributed by atoms with Crippen LogP contribution in [0.15, 0.2) is 18.2 Å². The van der Waals surface area contributed by atoms with E-state index in [1.54, 1.807) is 0 Å². The summed E-state index contributed by atoms with van der Waals surface area (Å²) < 4.78 is 77.3. The average Bonchev–Trinajstić information content (AvgIpc) is 2.22. The smallest absolute Gasteiger partial charge is 0.434 e. The number of carbonyl (C=O) groups is 1. The second-order valence-corrected chi connectivity index (χ2v) is 3.94. The molecule has 0 unspecified atom stereocenters. The zero-order chi connectivity index (χ0) is 15.7. The molecular formula is C10H5ClF6O3. The quantitative estimate of drug-likeness (QED) is 0.858. The molecule has 112 valence electrons. The van der Waals surface area contributed by atoms with Gasteiger partial charge in [0, 0.05) is 0 Å². The highest BCUT2D eigenvalue weighted by atomic mass is 35.5. The molecule has 0 spiro atoms. The lowest BCUT2D eigenvalue weighted by Gasteiger charge is -2.24. The van der Waals surface area contributed by atoms with Gasteiger partial charge in [-0.05, 0) is 18.2 Å². The van der Waals surface area contributed by atoms with Crippen LogP contribution < -0.4 is 4.74 Å². The number of benzene rings is 1. The minimum atomic E-state index is -5.67. The molecule has 20 heavy (non-hydrogen) atoms. The van der Waals surface area contributed by atoms with Gasteiger partial charge in [0.2, 0.25) is 0 Å². The van der Waals surface area contributed by atoms with Crippen LogP contribution in [0.4, 0.5) is 26.3 Å². The molecule has 0 aliphatic heterocycles. The number of carboxylic acid groups (broad SMARTS) is 1. The maximum atomic E-state index is 12.2. The summed E-state index contributed by atoms with van der Waals surface area (Å²) in [5, 5.41) is 8.07. The summed E-state index contributed by atoms with van der Waals surface area (Å²) in [5.41, 5.74) is -0.477. The van der Waals surface area contributed by atoms with Gasteiger partial charge in [-0.1, -0.05) is 11.6 Å². The van der Waals surface area contributed by atoms with Gasteiger partial charge in [-0.15, -0.1) is 0 Å². The number of hydrogen-bond acceptors (Lipinski definition) is 2. The Balaban J connectivity index is 3.08. The Hall–Kier alpha value is -1.64. The fraction of sp³-hybridized carbons (Fsp3) is 0.300. The second kappa shape index (κ2) is 5.39. The molecule has 0 heterocycles. The molecule has 1 aromatic rings. The standard InChI is InChI=1S/C10H5ClF6O3/c11-6-3-4(1-2-5(6)7(18)19)20-8(9(12,13)14)10(15,16)17/h1-3,8H,(H,18,19). The van der Waals surface area contributed by atoms with E-state index in [-0.39, 0.29) is 0 Å². The highest BCUT2D eigenvalue weighted by Crippen LogP contribution is 2.37. The normalized spacial score (nSPS) is 12.6. The first kappa shape index (κ1) is 16.4. The second-order valence-electron chi connectivity index (χ2n) is 3.53. The van der Waals surface area contributed by atoms with Gasteiger partial charge in [-0.25, -0.2) is 4.79 Å². The van der Waals surface area contributed by atoms with E-state index in [1.807, 2.05) is 0 Å². The van der Waals surface area contributed by atoms with Crippen molar-refractivity contribution in [3.05, 3.63) is 28.8 Å². The van der Waals surface area contributed by atoms with E-state index in [1.165, 1.54) is 0 Å². The summed E-state index contributed by atoms with van der Waals surface area (Å²) in [7, 11) is 0. The molecule has 1 aromatic carbocycles. The van der Waals surface area contributed by atoms with Crippen molar-refractivity contribution in [3.8, 4) is 5.75 Å². The Labute approximate surface area is 112 Å². The summed E-state index contributed by atoms with van der Waals surface area (Å²) in [5.74, 6) is -2.33. The van der Waals surface area contributed by atoms with Crippen LogP contribution in [-0.4, -0.2) is 29.5 Å². The first-order valence-electron chi connectivity index (χ1n) is 4.76. The molecule has 1 rings (SSSR count). The lowest BCUT2D eigenvalue weighted by atomic mass is 10.2. The molecule has 0 atom stereocenters. The van der Waals surface area contributed by atoms with Crippen LogP contribution in [0.1, 0.15) is 10.4 Å². The Morgan fingerprint density at radius 2 is 1.65 bits per heavy atom. The first-order valence-corrected chi connectivity index (χ1v) is 5.13. The van der Waals surface area contributed by atoms with E-state index in [4.69, 9.17) is 16.7 Å². The number of rotatable bonds is 3. The van der Waals surface area contributed by atoms with Gasteiger partial charge in [0.1, 0.15) is 5.75 Å². The largest absolute Gasteiger partial charge is 0.478 e. The van der Waals surface area contributed by atoms with E-state index in [0.717, 1.165) is 6.07 Å². The molecule has 0 aromatic heterocycles. The van der Waals surface area contributed by atoms with Crippen LogP contribution in [-0.2, 0) is 0 Å². The van der Waals surface area contributed by atoms with Crippen molar-refractivity contribution >= 4 is 17.6 Å². The minimum Gasteiger partial charge on any atom is -0.478 e. The minimum absolute atomic E-state index is 0.477. The lowest BCUT2D eigenvalue weighted by Crippen LogP contribution is -2.46. The Morgan fingerprint density at radius 3 is 2.00 bits per heavy atom. The van der Waals surface area contributed by atoms with Crippen molar-refractivity contribution in [2.45, 2.75) is 18.5 Å². The molecule has 1 N–H and O–H groups in total. The summed E-state index contributed by atoms with van der Waals surface area (Å²) in [6, 6.07) is 1.96. The summed E-state index contributed by atoms with van der Waals surface area (Å²) in [6.07, 6.45) is -15.4. The van der Waals surface area contributed by atoms with Crippen molar-refractivity contribution in [2.24, 2.45) is 0 Å². The molecule has 0 amide bonds. The maximum absolute atomic E-state index is 12.2. The number of carboxylic acids is 1. The molecule has 0 bridgehead atoms. The van der Waals surface area contributed by atoms with Crippen LogP contribution in [0.5, 0.6) is 5.75 Å². The topological polar surface area (TPSA) is 46.5 Å². The molecular weight excluding hydrogens is 318 g/mol. The third kappa shape index (κ3) is 3.92. The number of halogens is 7. The number of hydrogen-bond donors (Lipinski definition) is 1. The van der Waals surface area contributed by atoms with Crippen LogP contribution in [0, 0.1) is 0 Å². The van der Waals surface area contributed by atoms with E-state index in [0.29, 0.717) is 12.1 Å². The van der Waals surface area contributed by atoms with Gasteiger partial charge in [0.05, 0.1) is 10.6 Å². The lowest BCUT2D eigenvalue weighted by molar-refractivity contribution is -0.299. The first-order chi connectivity index (χ1) is 8.93. The van der Waals surface area contributed by atoms with E-state index in [2.05, 4.69) is 4.74 Å². The van der Waals surface area contributed by atoms with Crippen molar-refractivity contribution < 1.29 is 41.0 Å². The van der Waals surface area contributed by atoms with Gasteiger partial charge >= 0.3 is 18.3 Å². The van der Waals surface area contributed by atoms with Crippen molar-refractivity contribution in [1.82, 2.24) is 0 Å². The van der Waals surface area contributed by atoms with Crippen LogP contribution in [0.2, 0.25) is 5.02 Å². The molecule has 0 saturated carbocycles. The van der Waals surface area contributed by atoms with E-state index in [9.17, 15) is 31.1 Å². The molecule has 0 saturated heterocycles. The monoisotopic (exact) mass is 322 g/mol. The van der Waals surface area contributed by atoms with Gasteiger partial charge in [0.15, 0.2) is 0 Å². The van der Waals surface area contributed by atoms with Crippen molar-refractivity contribution in [2.75, 3.05) is 0 Å². The predicted molar refractivity (Wildman–Crippen MR) is 54.9 cm³/mol. The van der Waals surface area contributed by atoms with Gasteiger partial charge in [-0.3, -0.25) is 0 Å². The summed E-state index contributed by atoms with van der Waals surface area (Å²) in [4.78, 5) is 10.6. The Morgan fingerprint density at radius 1 is 1.15 bits per heavy atom. The van der Waals surface area contributed by atoms with E-state index < -0.39 is 40.8 Å². The summed E-state index contributed by atoms with van der Waals surface area (Å²) in [6.45, 7) is 0. The van der Waals surface area contributed by atoms with Gasteiger partial charge in [-0.2, -0.15) is 26.3 Å². The molecule has 0 radical (unpaired) electrons. The average molecular weight is 323 g/mol. The number of ether oxygens (including phenoxy) is 1. The molecule has 0 aliphatic rings. The highest BCUT2D eigenvalue weighted by molar-refractivity contribution is 6.33. The molecule has 10 heteroatoms. The summed E-state index contributed by atoms with van der Waals surface area (Å²) >= 11 is 5.41. The van der Waals surface area contributed by atoms with Crippen molar-refractivity contribution in [3.63, 3.8) is 0 Å². The highest BCUT2D eigenvalue weighted by Gasteiger charge is 2.59. The fourth-order valence-corrected chi connectivity index (χ4v) is 1.45. The SMILES string of the molecule is O=C(O)c1ccc(OC(C(F)(F)F)C(F)(F)F)cc1Cl.